The van der Waals surface area contributed by atoms with Gasteiger partial charge >= 0.3 is 0 Å². The Hall–Kier alpha value is -0.550. The fourth-order valence-electron chi connectivity index (χ4n) is 0.924. The SMILES string of the molecule is Cc1nn(S(C)(=O)=O)c(C)c1Cl. The lowest BCUT2D eigenvalue weighted by molar-refractivity contribution is 0.584. The fourth-order valence-corrected chi connectivity index (χ4v) is 1.95. The number of hydrogen-bond acceptors (Lipinski definition) is 3. The van der Waals surface area contributed by atoms with Crippen LogP contribution in [-0.2, 0) is 10.0 Å². The molecule has 0 aliphatic heterocycles. The summed E-state index contributed by atoms with van der Waals surface area (Å²) in [4.78, 5) is 0. The van der Waals surface area contributed by atoms with Crippen LogP contribution in [0.1, 0.15) is 11.4 Å². The Bertz CT molecular complexity index is 407. The van der Waals surface area contributed by atoms with Crippen molar-refractivity contribution in [3.05, 3.63) is 16.4 Å². The Balaban J connectivity index is 3.48. The highest BCUT2D eigenvalue weighted by Crippen LogP contribution is 2.19. The molecule has 6 heteroatoms. The first-order valence-corrected chi connectivity index (χ1v) is 5.49. The van der Waals surface area contributed by atoms with Crippen LogP contribution in [0.2, 0.25) is 5.02 Å². The van der Waals surface area contributed by atoms with E-state index in [4.69, 9.17) is 11.6 Å². The van der Waals surface area contributed by atoms with Gasteiger partial charge in [-0.25, -0.2) is 8.42 Å². The Kier molecular flexibility index (Phi) is 2.18. The summed E-state index contributed by atoms with van der Waals surface area (Å²) in [5, 5.41) is 4.18. The topological polar surface area (TPSA) is 52.0 Å². The zero-order chi connectivity index (χ0) is 9.52. The molecule has 0 N–H and O–H groups in total. The smallest absolute Gasteiger partial charge is 0.205 e. The third-order valence-electron chi connectivity index (χ3n) is 1.48. The van der Waals surface area contributed by atoms with Gasteiger partial charge in [0, 0.05) is 0 Å². The molecule has 1 aromatic heterocycles. The molecule has 0 aliphatic rings. The minimum Gasteiger partial charge on any atom is -0.205 e. The van der Waals surface area contributed by atoms with E-state index in [9.17, 15) is 8.42 Å². The molecule has 0 fully saturated rings. The molecule has 0 spiro atoms. The van der Waals surface area contributed by atoms with Gasteiger partial charge in [0.15, 0.2) is 0 Å². The van der Waals surface area contributed by atoms with E-state index in [0.29, 0.717) is 16.4 Å². The molecule has 68 valence electrons. The lowest BCUT2D eigenvalue weighted by atomic mass is 10.4. The molecule has 0 bridgehead atoms. The van der Waals surface area contributed by atoms with Gasteiger partial charge in [0.05, 0.1) is 22.7 Å². The molecule has 0 aromatic carbocycles. The molecule has 0 unspecified atom stereocenters. The summed E-state index contributed by atoms with van der Waals surface area (Å²) in [6.07, 6.45) is 1.09. The van der Waals surface area contributed by atoms with E-state index in [-0.39, 0.29) is 0 Å². The molecule has 12 heavy (non-hydrogen) atoms. The van der Waals surface area contributed by atoms with Gasteiger partial charge in [-0.3, -0.25) is 0 Å². The molecular weight excluding hydrogens is 200 g/mol. The van der Waals surface area contributed by atoms with E-state index in [0.717, 1.165) is 10.3 Å². The summed E-state index contributed by atoms with van der Waals surface area (Å²) in [6.45, 7) is 3.28. The second-order valence-electron chi connectivity index (χ2n) is 2.59. The van der Waals surface area contributed by atoms with Crippen LogP contribution in [0.25, 0.3) is 0 Å². The van der Waals surface area contributed by atoms with Crippen molar-refractivity contribution < 1.29 is 8.42 Å². The van der Waals surface area contributed by atoms with Crippen LogP contribution in [0.5, 0.6) is 0 Å². The molecule has 0 radical (unpaired) electrons. The minimum atomic E-state index is -3.31. The van der Waals surface area contributed by atoms with E-state index >= 15 is 0 Å². The van der Waals surface area contributed by atoms with Crippen LogP contribution in [-0.4, -0.2) is 23.9 Å². The Morgan fingerprint density at radius 3 is 2.08 bits per heavy atom. The molecule has 0 amide bonds. The quantitative estimate of drug-likeness (QED) is 0.691. The van der Waals surface area contributed by atoms with Gasteiger partial charge in [-0.1, -0.05) is 11.6 Å². The van der Waals surface area contributed by atoms with Crippen molar-refractivity contribution in [2.45, 2.75) is 13.8 Å². The van der Waals surface area contributed by atoms with Gasteiger partial charge in [-0.2, -0.15) is 9.19 Å². The van der Waals surface area contributed by atoms with Crippen molar-refractivity contribution in [2.24, 2.45) is 0 Å². The third-order valence-corrected chi connectivity index (χ3v) is 3.01. The molecule has 1 aromatic rings. The third kappa shape index (κ3) is 1.47. The van der Waals surface area contributed by atoms with Crippen LogP contribution < -0.4 is 0 Å². The van der Waals surface area contributed by atoms with Crippen molar-refractivity contribution in [3.8, 4) is 0 Å². The summed E-state index contributed by atoms with van der Waals surface area (Å²) in [5.74, 6) is 0. The Morgan fingerprint density at radius 1 is 1.42 bits per heavy atom. The Morgan fingerprint density at radius 2 is 1.92 bits per heavy atom. The first-order valence-electron chi connectivity index (χ1n) is 3.26. The molecule has 4 nitrogen and oxygen atoms in total. The zero-order valence-corrected chi connectivity index (χ0v) is 8.57. The largest absolute Gasteiger partial charge is 0.251 e. The number of rotatable bonds is 1. The molecule has 1 rings (SSSR count). The predicted molar refractivity (Wildman–Crippen MR) is 47.0 cm³/mol. The summed E-state index contributed by atoms with van der Waals surface area (Å²) < 4.78 is 23.1. The van der Waals surface area contributed by atoms with Crippen molar-refractivity contribution in [3.63, 3.8) is 0 Å². The van der Waals surface area contributed by atoms with Gasteiger partial charge in [-0.05, 0) is 13.8 Å². The first-order chi connectivity index (χ1) is 5.34. The Labute approximate surface area is 76.2 Å². The van der Waals surface area contributed by atoms with Gasteiger partial charge in [0.1, 0.15) is 0 Å². The molecule has 1 heterocycles. The summed E-state index contributed by atoms with van der Waals surface area (Å²) in [7, 11) is -3.31. The molecular formula is C6H9ClN2O2S. The van der Waals surface area contributed by atoms with E-state index < -0.39 is 10.0 Å². The van der Waals surface area contributed by atoms with Gasteiger partial charge in [-0.15, -0.1) is 0 Å². The lowest BCUT2D eigenvalue weighted by Crippen LogP contribution is -2.13. The van der Waals surface area contributed by atoms with Crippen LogP contribution in [0.4, 0.5) is 0 Å². The van der Waals surface area contributed by atoms with Crippen molar-refractivity contribution in [1.29, 1.82) is 0 Å². The number of aromatic nitrogens is 2. The zero-order valence-electron chi connectivity index (χ0n) is 7.00. The lowest BCUT2D eigenvalue weighted by Gasteiger charge is -1.98. The van der Waals surface area contributed by atoms with Crippen molar-refractivity contribution >= 4 is 21.6 Å². The first kappa shape index (κ1) is 9.54. The van der Waals surface area contributed by atoms with Crippen LogP contribution >= 0.6 is 11.6 Å². The number of aryl methyl sites for hydroxylation is 1. The predicted octanol–water partition coefficient (Wildman–Crippen LogP) is 0.961. The fraction of sp³-hybridized carbons (Fsp3) is 0.500. The van der Waals surface area contributed by atoms with Crippen LogP contribution in [0, 0.1) is 13.8 Å². The second-order valence-corrected chi connectivity index (χ2v) is 4.78. The highest BCUT2D eigenvalue weighted by atomic mass is 35.5. The van der Waals surface area contributed by atoms with E-state index in [2.05, 4.69) is 5.10 Å². The second kappa shape index (κ2) is 2.74. The van der Waals surface area contributed by atoms with Crippen LogP contribution in [0.15, 0.2) is 0 Å². The maximum absolute atomic E-state index is 11.1. The minimum absolute atomic E-state index is 0.403. The summed E-state index contributed by atoms with van der Waals surface area (Å²) in [5.41, 5.74) is 0.983. The average Bonchev–Trinajstić information content (AvgIpc) is 2.15. The average molecular weight is 209 g/mol. The van der Waals surface area contributed by atoms with E-state index in [1.807, 2.05) is 0 Å². The van der Waals surface area contributed by atoms with Gasteiger partial charge < -0.3 is 0 Å². The van der Waals surface area contributed by atoms with Gasteiger partial charge in [0.25, 0.3) is 10.0 Å². The molecule has 0 aliphatic carbocycles. The summed E-state index contributed by atoms with van der Waals surface area (Å²) in [6, 6.07) is 0. The molecule has 0 saturated heterocycles. The highest BCUT2D eigenvalue weighted by Gasteiger charge is 2.15. The maximum atomic E-state index is 11.1. The standard InChI is InChI=1S/C6H9ClN2O2S/c1-4-6(7)5(2)9(8-4)12(3,10)11/h1-3H3. The van der Waals surface area contributed by atoms with Crippen LogP contribution in [0.3, 0.4) is 0 Å². The maximum Gasteiger partial charge on any atom is 0.251 e. The summed E-state index contributed by atoms with van der Waals surface area (Å²) >= 11 is 5.76. The molecule has 0 atom stereocenters. The number of hydrogen-bond donors (Lipinski definition) is 0. The normalized spacial score (nSPS) is 12.0. The van der Waals surface area contributed by atoms with Crippen molar-refractivity contribution in [2.75, 3.05) is 6.26 Å². The highest BCUT2D eigenvalue weighted by molar-refractivity contribution is 7.89. The van der Waals surface area contributed by atoms with E-state index in [1.54, 1.807) is 13.8 Å². The number of nitrogens with zero attached hydrogens (tertiary/aromatic N) is 2. The molecule has 0 saturated carbocycles. The van der Waals surface area contributed by atoms with E-state index in [1.165, 1.54) is 0 Å². The monoisotopic (exact) mass is 208 g/mol. The van der Waals surface area contributed by atoms with Crippen molar-refractivity contribution in [1.82, 2.24) is 9.19 Å². The number of halogens is 1. The van der Waals surface area contributed by atoms with Gasteiger partial charge in [0.2, 0.25) is 0 Å².